The molecule has 0 saturated heterocycles. The second-order valence-electron chi connectivity index (χ2n) is 15.2. The average Bonchev–Trinajstić information content (AvgIpc) is 3.93. The number of furan rings is 2. The van der Waals surface area contributed by atoms with Gasteiger partial charge in [0.25, 0.3) is 0 Å². The van der Waals surface area contributed by atoms with Crippen LogP contribution in [0.25, 0.3) is 45.6 Å². The molecule has 0 saturated carbocycles. The molecular formula is C48H48O2Si. The second-order valence-corrected chi connectivity index (χ2v) is 20.0. The zero-order valence-electron chi connectivity index (χ0n) is 30.8. The fraction of sp³-hybridized carbons (Fsp3) is 0.250. The molecule has 256 valence electrons. The van der Waals surface area contributed by atoms with Crippen LogP contribution in [0.4, 0.5) is 0 Å². The number of aryl methyl sites for hydroxylation is 4. The third-order valence-electron chi connectivity index (χ3n) is 11.3. The molecule has 2 aromatic heterocycles. The Morgan fingerprint density at radius 1 is 0.510 bits per heavy atom. The first-order chi connectivity index (χ1) is 24.8. The molecule has 4 aromatic carbocycles. The summed E-state index contributed by atoms with van der Waals surface area (Å²) in [6, 6.07) is 40.9. The minimum absolute atomic E-state index is 0.213. The lowest BCUT2D eigenvalue weighted by Crippen LogP contribution is -2.42. The number of allylic oxidation sites excluding steroid dienone is 2. The Morgan fingerprint density at radius 2 is 0.922 bits per heavy atom. The molecule has 0 amide bonds. The predicted molar refractivity (Wildman–Crippen MR) is 217 cm³/mol. The minimum atomic E-state index is -2.36. The van der Waals surface area contributed by atoms with E-state index < -0.39 is 8.07 Å². The molecule has 2 unspecified atom stereocenters. The van der Waals surface area contributed by atoms with Gasteiger partial charge in [-0.15, -0.1) is 0 Å². The van der Waals surface area contributed by atoms with E-state index in [0.29, 0.717) is 0 Å². The zero-order chi connectivity index (χ0) is 35.3. The highest BCUT2D eigenvalue weighted by Gasteiger charge is 2.50. The minimum Gasteiger partial charge on any atom is -0.462 e. The molecule has 2 aliphatic rings. The summed E-state index contributed by atoms with van der Waals surface area (Å²) in [4.78, 5) is 0. The van der Waals surface area contributed by atoms with Crippen LogP contribution in [-0.4, -0.2) is 8.07 Å². The van der Waals surface area contributed by atoms with Crippen molar-refractivity contribution in [1.29, 1.82) is 0 Å². The number of hydrogen-bond donors (Lipinski definition) is 0. The summed E-state index contributed by atoms with van der Waals surface area (Å²) in [6.07, 6.45) is 9.43. The van der Waals surface area contributed by atoms with Crippen LogP contribution in [0, 0.1) is 13.8 Å². The Labute approximate surface area is 304 Å². The molecule has 2 aliphatic carbocycles. The van der Waals surface area contributed by atoms with Crippen molar-refractivity contribution in [2.75, 3.05) is 0 Å². The molecule has 0 spiro atoms. The molecule has 6 aromatic rings. The van der Waals surface area contributed by atoms with E-state index in [4.69, 9.17) is 8.83 Å². The summed E-state index contributed by atoms with van der Waals surface area (Å²) in [5, 5.41) is 0. The van der Waals surface area contributed by atoms with Crippen molar-refractivity contribution in [2.45, 2.75) is 77.6 Å². The van der Waals surface area contributed by atoms with E-state index in [9.17, 15) is 0 Å². The van der Waals surface area contributed by atoms with Gasteiger partial charge in [0.15, 0.2) is 0 Å². The maximum atomic E-state index is 6.48. The van der Waals surface area contributed by atoms with Gasteiger partial charge in [-0.3, -0.25) is 0 Å². The standard InChI is InChI=1S/C48H48O2Si/c1-7-11-33-19-23-35(24-20-33)37-13-9-15-39-41(37)29-43(45-27-17-31(3)49-45)47(39)51(5,6)48-40-16-10-14-38(36-25-21-34(12-8-2)22-26-36)42(40)30-44(48)46-28-18-32(4)50-46/h9-10,13-30,47-48H,7-8,11-12H2,1-6H3. The average molecular weight is 685 g/mol. The molecule has 2 atom stereocenters. The Hall–Kier alpha value is -4.86. The summed E-state index contributed by atoms with van der Waals surface area (Å²) in [5.41, 5.74) is 16.4. The van der Waals surface area contributed by atoms with Crippen molar-refractivity contribution < 1.29 is 8.83 Å². The van der Waals surface area contributed by atoms with Gasteiger partial charge in [0.1, 0.15) is 23.0 Å². The van der Waals surface area contributed by atoms with Gasteiger partial charge in [-0.25, -0.2) is 0 Å². The van der Waals surface area contributed by atoms with Gasteiger partial charge in [-0.1, -0.05) is 125 Å². The van der Waals surface area contributed by atoms with Crippen LogP contribution in [0.3, 0.4) is 0 Å². The van der Waals surface area contributed by atoms with Gasteiger partial charge < -0.3 is 8.83 Å². The molecule has 51 heavy (non-hydrogen) atoms. The van der Waals surface area contributed by atoms with E-state index in [-0.39, 0.29) is 11.1 Å². The summed E-state index contributed by atoms with van der Waals surface area (Å²) in [6.45, 7) is 13.8. The van der Waals surface area contributed by atoms with Crippen LogP contribution in [0.2, 0.25) is 13.1 Å². The van der Waals surface area contributed by atoms with E-state index in [2.05, 4.69) is 162 Å². The second kappa shape index (κ2) is 13.4. The molecule has 0 radical (unpaired) electrons. The first kappa shape index (κ1) is 33.3. The molecule has 0 aliphatic heterocycles. The highest BCUT2D eigenvalue weighted by atomic mass is 28.3. The molecule has 8 rings (SSSR count). The van der Waals surface area contributed by atoms with Crippen LogP contribution < -0.4 is 0 Å². The van der Waals surface area contributed by atoms with Crippen molar-refractivity contribution in [3.05, 3.63) is 166 Å². The Morgan fingerprint density at radius 3 is 1.27 bits per heavy atom. The summed E-state index contributed by atoms with van der Waals surface area (Å²) >= 11 is 0. The largest absolute Gasteiger partial charge is 0.462 e. The SMILES string of the molecule is CCCc1ccc(-c2cccc3c2C=C(c2ccc(C)o2)C3[Si](C)(C)C2C(c3ccc(C)o3)=Cc3c(-c4ccc(CCC)cc4)cccc32)cc1. The maximum Gasteiger partial charge on any atom is 0.130 e. The molecule has 0 N–H and O–H groups in total. The van der Waals surface area contributed by atoms with Gasteiger partial charge in [-0.2, -0.15) is 0 Å². The van der Waals surface area contributed by atoms with Gasteiger partial charge in [0.05, 0.1) is 8.07 Å². The Balaban J connectivity index is 1.30. The lowest BCUT2D eigenvalue weighted by atomic mass is 9.95. The van der Waals surface area contributed by atoms with E-state index in [1.54, 1.807) is 0 Å². The van der Waals surface area contributed by atoms with Crippen molar-refractivity contribution in [2.24, 2.45) is 0 Å². The summed E-state index contributed by atoms with van der Waals surface area (Å²) < 4.78 is 13.0. The van der Waals surface area contributed by atoms with Crippen molar-refractivity contribution in [3.63, 3.8) is 0 Å². The van der Waals surface area contributed by atoms with E-state index in [0.717, 1.165) is 48.7 Å². The zero-order valence-corrected chi connectivity index (χ0v) is 31.8. The van der Waals surface area contributed by atoms with Crippen LogP contribution in [0.1, 0.15) is 94.2 Å². The number of benzene rings is 4. The summed E-state index contributed by atoms with van der Waals surface area (Å²) in [5.74, 6) is 3.85. The Kier molecular flexibility index (Phi) is 8.72. The first-order valence-electron chi connectivity index (χ1n) is 18.8. The first-order valence-corrected chi connectivity index (χ1v) is 21.9. The molecular weight excluding hydrogens is 637 g/mol. The quantitative estimate of drug-likeness (QED) is 0.134. The smallest absolute Gasteiger partial charge is 0.130 e. The fourth-order valence-electron chi connectivity index (χ4n) is 8.96. The lowest BCUT2D eigenvalue weighted by Gasteiger charge is -2.39. The highest BCUT2D eigenvalue weighted by molar-refractivity contribution is 6.84. The van der Waals surface area contributed by atoms with Gasteiger partial charge in [-0.05, 0) is 119 Å². The monoisotopic (exact) mass is 684 g/mol. The third-order valence-corrected chi connectivity index (χ3v) is 15.5. The van der Waals surface area contributed by atoms with Crippen molar-refractivity contribution >= 4 is 31.4 Å². The highest BCUT2D eigenvalue weighted by Crippen LogP contribution is 2.58. The van der Waals surface area contributed by atoms with Crippen LogP contribution in [0.15, 0.2) is 118 Å². The van der Waals surface area contributed by atoms with Crippen LogP contribution in [-0.2, 0) is 12.8 Å². The lowest BCUT2D eigenvalue weighted by molar-refractivity contribution is 0.519. The third kappa shape index (κ3) is 5.92. The van der Waals surface area contributed by atoms with E-state index in [1.165, 1.54) is 66.8 Å². The predicted octanol–water partition coefficient (Wildman–Crippen LogP) is 13.5. The van der Waals surface area contributed by atoms with Crippen LogP contribution in [0.5, 0.6) is 0 Å². The Bertz CT molecular complexity index is 2110. The number of rotatable bonds is 10. The molecule has 3 heteroatoms. The summed E-state index contributed by atoms with van der Waals surface area (Å²) in [7, 11) is -2.36. The van der Waals surface area contributed by atoms with E-state index >= 15 is 0 Å². The van der Waals surface area contributed by atoms with Gasteiger partial charge in [0, 0.05) is 22.2 Å². The normalized spacial score (nSPS) is 16.6. The van der Waals surface area contributed by atoms with Crippen molar-refractivity contribution in [3.8, 4) is 22.3 Å². The number of fused-ring (bicyclic) bond motifs is 2. The van der Waals surface area contributed by atoms with Gasteiger partial charge >= 0.3 is 0 Å². The fourth-order valence-corrected chi connectivity index (χ4v) is 13.5. The number of hydrogen-bond acceptors (Lipinski definition) is 2. The topological polar surface area (TPSA) is 26.3 Å². The van der Waals surface area contributed by atoms with Crippen molar-refractivity contribution in [1.82, 2.24) is 0 Å². The van der Waals surface area contributed by atoms with Crippen LogP contribution >= 0.6 is 0 Å². The maximum absolute atomic E-state index is 6.48. The van der Waals surface area contributed by atoms with Gasteiger partial charge in [0.2, 0.25) is 0 Å². The molecule has 2 nitrogen and oxygen atoms in total. The molecule has 0 fully saturated rings. The van der Waals surface area contributed by atoms with E-state index in [1.807, 2.05) is 0 Å². The molecule has 2 heterocycles. The molecule has 0 bridgehead atoms.